The molecule has 3 aromatic rings. The first kappa shape index (κ1) is 36.9. The van der Waals surface area contributed by atoms with Gasteiger partial charge in [-0.3, -0.25) is 9.88 Å². The molecule has 12 nitrogen and oxygen atoms in total. The van der Waals surface area contributed by atoms with Crippen LogP contribution < -0.4 is 9.47 Å². The van der Waals surface area contributed by atoms with Gasteiger partial charge in [0.1, 0.15) is 29.9 Å². The number of benzene rings is 2. The first-order valence-corrected chi connectivity index (χ1v) is 20.3. The van der Waals surface area contributed by atoms with E-state index in [-0.39, 0.29) is 42.7 Å². The van der Waals surface area contributed by atoms with Gasteiger partial charge in [0.2, 0.25) is 10.0 Å². The number of hydrogen-bond donors (Lipinski definition) is 0. The van der Waals surface area contributed by atoms with Gasteiger partial charge in [0.15, 0.2) is 6.29 Å². The third kappa shape index (κ3) is 8.07. The summed E-state index contributed by atoms with van der Waals surface area (Å²) in [6.07, 6.45) is 0.850. The molecule has 3 saturated heterocycles. The number of carbonyl (C=O) groups is 1. The summed E-state index contributed by atoms with van der Waals surface area (Å²) in [6.45, 7) is 9.67. The Bertz CT molecular complexity index is 1810. The smallest absolute Gasteiger partial charge is 0.412 e. The van der Waals surface area contributed by atoms with Gasteiger partial charge in [-0.05, 0) is 80.6 Å². The first-order valence-electron chi connectivity index (χ1n) is 17.9. The van der Waals surface area contributed by atoms with E-state index in [1.807, 2.05) is 70.2 Å². The van der Waals surface area contributed by atoms with Gasteiger partial charge in [-0.2, -0.15) is 4.31 Å². The Morgan fingerprint density at radius 3 is 2.69 bits per heavy atom. The average Bonchev–Trinajstić information content (AvgIpc) is 3.81. The quantitative estimate of drug-likeness (QED) is 0.225. The van der Waals surface area contributed by atoms with E-state index >= 15 is 0 Å². The minimum atomic E-state index is -3.95. The monoisotopic (exact) mass is 753 g/mol. The van der Waals surface area contributed by atoms with Gasteiger partial charge in [0.05, 0.1) is 53.4 Å². The molecule has 52 heavy (non-hydrogen) atoms. The lowest BCUT2D eigenvalue weighted by Gasteiger charge is -2.34. The molecule has 3 fully saturated rings. The number of hydrogen-bond acceptors (Lipinski definition) is 11. The topological polar surface area (TPSA) is 126 Å². The van der Waals surface area contributed by atoms with Crippen LogP contribution in [-0.4, -0.2) is 97.6 Å². The SMILES string of the molecule is CC(C)CN(C[C@H]1OC(C)(C)N(C(=O)O[C@H]2CO[C@H]3OCC[C@H]32)[C@H]1Cc1ccc(OCc2ccccn2)cc1)S(=O)(=O)c1ccc2c(c1)SCCO2. The van der Waals surface area contributed by atoms with Crippen molar-refractivity contribution in [1.82, 2.24) is 14.2 Å². The number of rotatable bonds is 12. The standard InChI is InChI=1S/C38H47N3O9S2/c1-25(2)21-40(52(43,44)29-12-13-32-35(20-29)51-18-17-45-32)22-33-31(19-26-8-10-28(11-9-26)47-23-27-7-5-6-15-39-27)41(38(3,4)50-33)37(42)49-34-24-48-36-30(34)14-16-46-36/h5-13,15,20,25,30-31,33-34,36H,14,16-19,21-24H2,1-4H3/t30-,31-,33+,34-,36+/m0/s1. The summed E-state index contributed by atoms with van der Waals surface area (Å²) in [7, 11) is -3.95. The van der Waals surface area contributed by atoms with Crippen molar-refractivity contribution in [3.63, 3.8) is 0 Å². The van der Waals surface area contributed by atoms with Gasteiger partial charge in [-0.25, -0.2) is 13.2 Å². The molecule has 0 unspecified atom stereocenters. The van der Waals surface area contributed by atoms with Crippen LogP contribution in [0.5, 0.6) is 11.5 Å². The second kappa shape index (κ2) is 15.5. The minimum absolute atomic E-state index is 0.0293. The molecule has 7 rings (SSSR count). The summed E-state index contributed by atoms with van der Waals surface area (Å²) in [6, 6.07) is 17.9. The molecule has 4 aliphatic heterocycles. The van der Waals surface area contributed by atoms with E-state index in [9.17, 15) is 13.2 Å². The molecule has 4 aliphatic rings. The van der Waals surface area contributed by atoms with Gasteiger partial charge < -0.3 is 28.4 Å². The van der Waals surface area contributed by atoms with Crippen molar-refractivity contribution in [2.24, 2.45) is 11.8 Å². The second-order valence-corrected chi connectivity index (χ2v) is 17.5. The predicted octanol–water partition coefficient (Wildman–Crippen LogP) is 5.74. The Morgan fingerprint density at radius 2 is 1.92 bits per heavy atom. The average molecular weight is 754 g/mol. The third-order valence-corrected chi connectivity index (χ3v) is 12.6. The van der Waals surface area contributed by atoms with Crippen molar-refractivity contribution in [3.05, 3.63) is 78.1 Å². The molecule has 280 valence electrons. The predicted molar refractivity (Wildman–Crippen MR) is 194 cm³/mol. The van der Waals surface area contributed by atoms with Crippen LogP contribution in [0.4, 0.5) is 4.79 Å². The van der Waals surface area contributed by atoms with Gasteiger partial charge in [0.25, 0.3) is 0 Å². The van der Waals surface area contributed by atoms with Crippen LogP contribution in [-0.2, 0) is 42.0 Å². The van der Waals surface area contributed by atoms with Crippen LogP contribution in [0.15, 0.2) is 76.7 Å². The zero-order valence-electron chi connectivity index (χ0n) is 30.0. The molecule has 0 spiro atoms. The highest BCUT2D eigenvalue weighted by molar-refractivity contribution is 7.99. The van der Waals surface area contributed by atoms with E-state index in [0.717, 1.165) is 28.3 Å². The fourth-order valence-corrected chi connectivity index (χ4v) is 9.94. The highest BCUT2D eigenvalue weighted by Crippen LogP contribution is 2.40. The molecule has 14 heteroatoms. The van der Waals surface area contributed by atoms with Crippen molar-refractivity contribution in [2.45, 2.75) is 87.2 Å². The summed E-state index contributed by atoms with van der Waals surface area (Å²) < 4.78 is 66.2. The van der Waals surface area contributed by atoms with Crippen molar-refractivity contribution in [3.8, 4) is 11.5 Å². The molecule has 0 aliphatic carbocycles. The summed E-state index contributed by atoms with van der Waals surface area (Å²) in [5.41, 5.74) is 0.647. The third-order valence-electron chi connectivity index (χ3n) is 9.80. The number of nitrogens with zero attached hydrogens (tertiary/aromatic N) is 3. The Labute approximate surface area is 310 Å². The lowest BCUT2D eigenvalue weighted by Crippen LogP contribution is -2.51. The van der Waals surface area contributed by atoms with Crippen LogP contribution in [0.25, 0.3) is 0 Å². The number of thioether (sulfide) groups is 1. The maximum absolute atomic E-state index is 14.4. The molecule has 2 aromatic carbocycles. The van der Waals surface area contributed by atoms with Gasteiger partial charge >= 0.3 is 6.09 Å². The summed E-state index contributed by atoms with van der Waals surface area (Å²) in [5.74, 6) is 2.13. The maximum Gasteiger partial charge on any atom is 0.412 e. The summed E-state index contributed by atoms with van der Waals surface area (Å²) in [5, 5.41) is 0. The minimum Gasteiger partial charge on any atom is -0.492 e. The van der Waals surface area contributed by atoms with E-state index in [4.69, 9.17) is 28.4 Å². The van der Waals surface area contributed by atoms with Crippen LogP contribution >= 0.6 is 11.8 Å². The molecule has 0 bridgehead atoms. The number of aromatic nitrogens is 1. The first-order chi connectivity index (χ1) is 25.0. The Morgan fingerprint density at radius 1 is 1.10 bits per heavy atom. The number of sulfonamides is 1. The largest absolute Gasteiger partial charge is 0.492 e. The van der Waals surface area contributed by atoms with Gasteiger partial charge in [0, 0.05) is 25.0 Å². The Balaban J connectivity index is 1.16. The Kier molecular flexibility index (Phi) is 11.0. The summed E-state index contributed by atoms with van der Waals surface area (Å²) in [4.78, 5) is 21.2. The molecule has 5 atom stereocenters. The van der Waals surface area contributed by atoms with Crippen molar-refractivity contribution >= 4 is 27.9 Å². The highest BCUT2D eigenvalue weighted by Gasteiger charge is 2.53. The van der Waals surface area contributed by atoms with Crippen LogP contribution in [0, 0.1) is 11.8 Å². The number of ether oxygens (including phenoxy) is 6. The van der Waals surface area contributed by atoms with Crippen LogP contribution in [0.3, 0.4) is 0 Å². The van der Waals surface area contributed by atoms with E-state index in [2.05, 4.69) is 4.98 Å². The van der Waals surface area contributed by atoms with E-state index in [1.54, 1.807) is 41.1 Å². The lowest BCUT2D eigenvalue weighted by atomic mass is 9.99. The number of fused-ring (bicyclic) bond motifs is 2. The molecule has 1 amide bonds. The van der Waals surface area contributed by atoms with Crippen molar-refractivity contribution in [1.29, 1.82) is 0 Å². The van der Waals surface area contributed by atoms with E-state index in [0.29, 0.717) is 37.7 Å². The Hall–Kier alpha value is -3.40. The lowest BCUT2D eigenvalue weighted by molar-refractivity contribution is -0.0911. The van der Waals surface area contributed by atoms with Gasteiger partial charge in [-0.1, -0.05) is 32.0 Å². The van der Waals surface area contributed by atoms with E-state index < -0.39 is 40.1 Å². The van der Waals surface area contributed by atoms with Crippen LogP contribution in [0.2, 0.25) is 0 Å². The number of carbonyl (C=O) groups excluding carboxylic acids is 1. The number of amides is 1. The van der Waals surface area contributed by atoms with Crippen molar-refractivity contribution in [2.75, 3.05) is 38.7 Å². The van der Waals surface area contributed by atoms with E-state index in [1.165, 1.54) is 4.31 Å². The molecule has 1 aromatic heterocycles. The highest BCUT2D eigenvalue weighted by atomic mass is 32.2. The molecule has 5 heterocycles. The van der Waals surface area contributed by atoms with Crippen LogP contribution in [0.1, 0.15) is 45.4 Å². The molecule has 0 N–H and O–H groups in total. The maximum atomic E-state index is 14.4. The molecular formula is C38H47N3O9S2. The zero-order chi connectivity index (χ0) is 36.5. The van der Waals surface area contributed by atoms with Crippen molar-refractivity contribution < 1.29 is 41.6 Å². The molecular weight excluding hydrogens is 707 g/mol. The number of pyridine rings is 1. The fraction of sp³-hybridized carbons (Fsp3) is 0.526. The normalized spacial score (nSPS) is 25.2. The fourth-order valence-electron chi connectivity index (χ4n) is 7.36. The molecule has 0 radical (unpaired) electrons. The summed E-state index contributed by atoms with van der Waals surface area (Å²) >= 11 is 1.58. The molecule has 0 saturated carbocycles. The van der Waals surface area contributed by atoms with Gasteiger partial charge in [-0.15, -0.1) is 11.8 Å². The zero-order valence-corrected chi connectivity index (χ0v) is 31.6. The second-order valence-electron chi connectivity index (χ2n) is 14.5.